The van der Waals surface area contributed by atoms with Gasteiger partial charge in [0.15, 0.2) is 6.61 Å². The van der Waals surface area contributed by atoms with E-state index >= 15 is 0 Å². The molecule has 4 rings (SSSR count). The molecule has 182 valence electrons. The normalized spacial score (nSPS) is 21.6. The Morgan fingerprint density at radius 3 is 2.76 bits per heavy atom. The van der Waals surface area contributed by atoms with Gasteiger partial charge in [0.05, 0.1) is 12.1 Å². The van der Waals surface area contributed by atoms with Crippen molar-refractivity contribution in [2.45, 2.75) is 70.8 Å². The van der Waals surface area contributed by atoms with Gasteiger partial charge in [0, 0.05) is 30.4 Å². The fraction of sp³-hybridized carbons (Fsp3) is 0.727. The third-order valence-electron chi connectivity index (χ3n) is 6.55. The predicted molar refractivity (Wildman–Crippen MR) is 119 cm³/mol. The molecule has 11 heteroatoms. The zero-order valence-corrected chi connectivity index (χ0v) is 19.7. The van der Waals surface area contributed by atoms with Gasteiger partial charge in [-0.25, -0.2) is 18.4 Å². The molecule has 1 N–H and O–H groups in total. The molecule has 2 aliphatic rings. The van der Waals surface area contributed by atoms with Gasteiger partial charge in [-0.2, -0.15) is 0 Å². The highest BCUT2D eigenvalue weighted by Crippen LogP contribution is 2.30. The molecule has 1 fully saturated rings. The molecule has 3 heterocycles. The number of rotatable bonds is 9. The lowest BCUT2D eigenvalue weighted by Crippen LogP contribution is -2.39. The van der Waals surface area contributed by atoms with Crippen molar-refractivity contribution in [3.8, 4) is 5.19 Å². The Morgan fingerprint density at radius 2 is 2.03 bits per heavy atom. The van der Waals surface area contributed by atoms with Crippen molar-refractivity contribution in [3.05, 3.63) is 22.0 Å². The molecule has 2 aromatic rings. The highest BCUT2D eigenvalue weighted by molar-refractivity contribution is 7.13. The van der Waals surface area contributed by atoms with Gasteiger partial charge in [0.1, 0.15) is 11.4 Å². The van der Waals surface area contributed by atoms with Crippen LogP contribution in [-0.2, 0) is 24.1 Å². The van der Waals surface area contributed by atoms with Gasteiger partial charge in [-0.3, -0.25) is 4.79 Å². The van der Waals surface area contributed by atoms with Crippen LogP contribution in [0.4, 0.5) is 8.78 Å². The topological polar surface area (TPSA) is 93.4 Å². The summed E-state index contributed by atoms with van der Waals surface area (Å²) in [5, 5.41) is 11.0. The maximum Gasteiger partial charge on any atom is 0.273 e. The lowest BCUT2D eigenvalue weighted by Gasteiger charge is -2.30. The van der Waals surface area contributed by atoms with E-state index in [1.54, 1.807) is 6.92 Å². The van der Waals surface area contributed by atoms with Crippen LogP contribution in [0.2, 0.25) is 0 Å². The number of halogens is 2. The van der Waals surface area contributed by atoms with Gasteiger partial charge in [-0.1, -0.05) is 21.7 Å². The average Bonchev–Trinajstić information content (AvgIpc) is 3.33. The zero-order chi connectivity index (χ0) is 23.2. The maximum atomic E-state index is 12.3. The summed E-state index contributed by atoms with van der Waals surface area (Å²) in [6.45, 7) is 4.15. The summed E-state index contributed by atoms with van der Waals surface area (Å²) in [5.74, 6) is 0.663. The van der Waals surface area contributed by atoms with Crippen molar-refractivity contribution in [2.24, 2.45) is 5.92 Å². The molecule has 0 aromatic carbocycles. The molecule has 1 saturated carbocycles. The van der Waals surface area contributed by atoms with Crippen LogP contribution in [-0.4, -0.2) is 64.8 Å². The molecule has 1 amide bonds. The quantitative estimate of drug-likeness (QED) is 0.586. The van der Waals surface area contributed by atoms with Gasteiger partial charge in [-0.15, -0.1) is 0 Å². The van der Waals surface area contributed by atoms with Crippen molar-refractivity contribution >= 4 is 17.2 Å². The number of thiazole rings is 1. The van der Waals surface area contributed by atoms with E-state index in [1.807, 2.05) is 0 Å². The zero-order valence-electron chi connectivity index (χ0n) is 18.9. The number of hydrogen-bond acceptors (Lipinski definition) is 8. The minimum atomic E-state index is -2.48. The van der Waals surface area contributed by atoms with Crippen molar-refractivity contribution < 1.29 is 22.9 Å². The number of ether oxygens (including phenoxy) is 1. The van der Waals surface area contributed by atoms with Crippen molar-refractivity contribution in [1.29, 1.82) is 0 Å². The number of alkyl halides is 2. The Balaban J connectivity index is 1.13. The molecule has 33 heavy (non-hydrogen) atoms. The highest BCUT2D eigenvalue weighted by atomic mass is 32.1. The third-order valence-corrected chi connectivity index (χ3v) is 7.62. The number of fused-ring (bicyclic) bond motifs is 1. The number of aromatic nitrogens is 3. The standard InChI is InChI=1S/C22H31F2N5O3S/c1-14-18(28-32-27-14)12-21(30)25-16-4-2-15(3-5-16)6-9-29-10-7-17-19(8-11-29)33-22(26-17)31-13-20(23)24/h15-16,20H,2-13H2,1H3,(H,25,30). The number of nitrogens with one attached hydrogen (secondary N) is 1. The second kappa shape index (κ2) is 11.3. The van der Waals surface area contributed by atoms with Crippen molar-refractivity contribution in [1.82, 2.24) is 25.5 Å². The Labute approximate surface area is 196 Å². The first-order valence-corrected chi connectivity index (χ1v) is 12.5. The van der Waals surface area contributed by atoms with Crippen LogP contribution in [0, 0.1) is 12.8 Å². The number of carbonyl (C=O) groups excluding carboxylic acids is 1. The molecule has 0 saturated heterocycles. The van der Waals surface area contributed by atoms with E-state index in [-0.39, 0.29) is 18.4 Å². The number of aryl methyl sites for hydroxylation is 1. The monoisotopic (exact) mass is 483 g/mol. The van der Waals surface area contributed by atoms with Gasteiger partial charge >= 0.3 is 0 Å². The molecule has 0 atom stereocenters. The summed E-state index contributed by atoms with van der Waals surface area (Å²) in [7, 11) is 0. The molecule has 0 radical (unpaired) electrons. The molecule has 0 unspecified atom stereocenters. The van der Waals surface area contributed by atoms with Crippen LogP contribution >= 0.6 is 11.3 Å². The molecular formula is C22H31F2N5O3S. The molecule has 0 bridgehead atoms. The average molecular weight is 484 g/mol. The number of hydrogen-bond donors (Lipinski definition) is 1. The summed E-state index contributed by atoms with van der Waals surface area (Å²) in [6.07, 6.45) is 4.90. The first kappa shape index (κ1) is 24.0. The summed E-state index contributed by atoms with van der Waals surface area (Å²) in [5.41, 5.74) is 2.26. The summed E-state index contributed by atoms with van der Waals surface area (Å²) in [6, 6.07) is 0.232. The second-order valence-corrected chi connectivity index (χ2v) is 9.99. The molecular weight excluding hydrogens is 452 g/mol. The van der Waals surface area contributed by atoms with Gasteiger partial charge in [0.25, 0.3) is 11.6 Å². The van der Waals surface area contributed by atoms with Gasteiger partial charge in [0.2, 0.25) is 5.91 Å². The second-order valence-electron chi connectivity index (χ2n) is 8.94. The molecule has 2 aromatic heterocycles. The first-order chi connectivity index (χ1) is 16.0. The third kappa shape index (κ3) is 6.92. The van der Waals surface area contributed by atoms with Crippen LogP contribution in [0.25, 0.3) is 0 Å². The largest absolute Gasteiger partial charge is 0.464 e. The van der Waals surface area contributed by atoms with E-state index in [4.69, 9.17) is 4.74 Å². The molecule has 1 aliphatic carbocycles. The minimum Gasteiger partial charge on any atom is -0.464 e. The lowest BCUT2D eigenvalue weighted by molar-refractivity contribution is -0.121. The van der Waals surface area contributed by atoms with E-state index < -0.39 is 13.0 Å². The molecule has 1 aliphatic heterocycles. The summed E-state index contributed by atoms with van der Waals surface area (Å²) < 4.78 is 34.4. The Morgan fingerprint density at radius 1 is 1.24 bits per heavy atom. The van der Waals surface area contributed by atoms with Crippen LogP contribution in [0.5, 0.6) is 5.19 Å². The smallest absolute Gasteiger partial charge is 0.273 e. The van der Waals surface area contributed by atoms with Crippen molar-refractivity contribution in [3.63, 3.8) is 0 Å². The summed E-state index contributed by atoms with van der Waals surface area (Å²) >= 11 is 1.41. The van der Waals surface area contributed by atoms with E-state index in [0.29, 0.717) is 22.5 Å². The Bertz CT molecular complexity index is 888. The van der Waals surface area contributed by atoms with E-state index in [1.165, 1.54) is 11.3 Å². The van der Waals surface area contributed by atoms with E-state index in [2.05, 4.69) is 30.1 Å². The predicted octanol–water partition coefficient (Wildman–Crippen LogP) is 3.19. The molecule has 8 nitrogen and oxygen atoms in total. The van der Waals surface area contributed by atoms with Crippen molar-refractivity contribution in [2.75, 3.05) is 26.2 Å². The van der Waals surface area contributed by atoms with Gasteiger partial charge in [-0.05, 0) is 57.9 Å². The van der Waals surface area contributed by atoms with E-state index in [9.17, 15) is 13.6 Å². The van der Waals surface area contributed by atoms with E-state index in [0.717, 1.165) is 75.2 Å². The number of carbonyl (C=O) groups is 1. The maximum absolute atomic E-state index is 12.3. The van der Waals surface area contributed by atoms with Crippen LogP contribution in [0.3, 0.4) is 0 Å². The number of amides is 1. The lowest BCUT2D eigenvalue weighted by atomic mass is 9.84. The van der Waals surface area contributed by atoms with Crippen LogP contribution < -0.4 is 10.1 Å². The fourth-order valence-corrected chi connectivity index (χ4v) is 5.56. The van der Waals surface area contributed by atoms with Crippen LogP contribution in [0.15, 0.2) is 4.63 Å². The molecule has 0 spiro atoms. The highest BCUT2D eigenvalue weighted by Gasteiger charge is 2.25. The Kier molecular flexibility index (Phi) is 8.24. The van der Waals surface area contributed by atoms with Gasteiger partial charge < -0.3 is 15.0 Å². The SMILES string of the molecule is Cc1nonc1CC(=O)NC1CCC(CCN2CCc3nc(OCC(F)F)sc3CC2)CC1. The Hall–Kier alpha value is -2.14. The van der Waals surface area contributed by atoms with Crippen LogP contribution in [0.1, 0.15) is 54.1 Å². The summed E-state index contributed by atoms with van der Waals surface area (Å²) in [4.78, 5) is 20.3. The first-order valence-electron chi connectivity index (χ1n) is 11.7. The number of nitrogens with zero attached hydrogens (tertiary/aromatic N) is 4. The fourth-order valence-electron chi connectivity index (χ4n) is 4.61. The minimum absolute atomic E-state index is 0.0225.